The zero-order chi connectivity index (χ0) is 24.4. The molecule has 0 amide bonds. The van der Waals surface area contributed by atoms with E-state index in [1.165, 1.54) is 7.11 Å². The molecule has 0 spiro atoms. The van der Waals surface area contributed by atoms with Crippen molar-refractivity contribution in [2.75, 3.05) is 7.11 Å². The van der Waals surface area contributed by atoms with Crippen LogP contribution in [0.3, 0.4) is 0 Å². The van der Waals surface area contributed by atoms with Crippen LogP contribution in [-0.4, -0.2) is 24.9 Å². The molecule has 0 radical (unpaired) electrons. The van der Waals surface area contributed by atoms with Gasteiger partial charge in [-0.15, -0.1) is 0 Å². The molecule has 0 aliphatic carbocycles. The summed E-state index contributed by atoms with van der Waals surface area (Å²) in [5, 5.41) is 2.39. The maximum atomic E-state index is 12.5. The lowest BCUT2D eigenvalue weighted by Crippen LogP contribution is -2.09. The maximum Gasteiger partial charge on any atom is 0.363 e. The van der Waals surface area contributed by atoms with E-state index in [0.717, 1.165) is 10.8 Å². The van der Waals surface area contributed by atoms with Gasteiger partial charge in [0.2, 0.25) is 5.90 Å². The van der Waals surface area contributed by atoms with Crippen LogP contribution in [0.1, 0.15) is 21.5 Å². The van der Waals surface area contributed by atoms with Gasteiger partial charge in [-0.25, -0.2) is 14.6 Å². The molecule has 0 fully saturated rings. The Hall–Kier alpha value is -4.42. The average molecular weight is 484 g/mol. The molecule has 1 aliphatic rings. The van der Waals surface area contributed by atoms with Gasteiger partial charge in [0.1, 0.15) is 0 Å². The molecule has 6 nitrogen and oxygen atoms in total. The molecule has 0 atom stereocenters. The summed E-state index contributed by atoms with van der Waals surface area (Å²) in [7, 11) is 1.46. The summed E-state index contributed by atoms with van der Waals surface area (Å²) >= 11 is 6.08. The zero-order valence-electron chi connectivity index (χ0n) is 18.5. The van der Waals surface area contributed by atoms with Crippen molar-refractivity contribution in [2.45, 2.75) is 0 Å². The molecule has 1 aliphatic heterocycles. The van der Waals surface area contributed by atoms with Crippen molar-refractivity contribution in [3.05, 3.63) is 112 Å². The summed E-state index contributed by atoms with van der Waals surface area (Å²) in [6.45, 7) is 0. The van der Waals surface area contributed by atoms with Crippen molar-refractivity contribution in [3.63, 3.8) is 0 Å². The zero-order valence-corrected chi connectivity index (χ0v) is 19.3. The number of carbonyl (C=O) groups is 2. The van der Waals surface area contributed by atoms with Gasteiger partial charge in [0.25, 0.3) is 0 Å². The second-order valence-electron chi connectivity index (χ2n) is 7.68. The third kappa shape index (κ3) is 4.65. The first-order valence-corrected chi connectivity index (χ1v) is 11.1. The highest BCUT2D eigenvalue weighted by atomic mass is 35.5. The van der Waals surface area contributed by atoms with Gasteiger partial charge in [-0.2, -0.15) is 0 Å². The van der Waals surface area contributed by atoms with Crippen LogP contribution in [0.25, 0.3) is 16.8 Å². The summed E-state index contributed by atoms with van der Waals surface area (Å²) in [4.78, 5) is 29.4. The normalized spacial score (nSPS) is 14.1. The van der Waals surface area contributed by atoms with Gasteiger partial charge < -0.3 is 14.2 Å². The summed E-state index contributed by atoms with van der Waals surface area (Å²) in [6, 6.07) is 25.2. The Balaban J connectivity index is 1.40. The molecular weight excluding hydrogens is 466 g/mol. The Labute approximate surface area is 206 Å². The van der Waals surface area contributed by atoms with Crippen LogP contribution in [-0.2, 0) is 9.53 Å². The lowest BCUT2D eigenvalue weighted by molar-refractivity contribution is -0.129. The third-order valence-electron chi connectivity index (χ3n) is 5.40. The Morgan fingerprint density at radius 1 is 0.914 bits per heavy atom. The number of carbonyl (C=O) groups excluding carboxylic acids is 2. The predicted molar refractivity (Wildman–Crippen MR) is 134 cm³/mol. The number of nitrogens with zero attached hydrogens (tertiary/aromatic N) is 1. The van der Waals surface area contributed by atoms with Gasteiger partial charge in [-0.1, -0.05) is 60.1 Å². The average Bonchev–Trinajstić information content (AvgIpc) is 3.24. The van der Waals surface area contributed by atoms with E-state index in [1.807, 2.05) is 42.5 Å². The number of benzene rings is 4. The number of fused-ring (bicyclic) bond motifs is 1. The van der Waals surface area contributed by atoms with Crippen LogP contribution in [0.5, 0.6) is 11.5 Å². The largest absolute Gasteiger partial charge is 0.493 e. The minimum atomic E-state index is -0.607. The van der Waals surface area contributed by atoms with Crippen LogP contribution in [0.2, 0.25) is 5.02 Å². The highest BCUT2D eigenvalue weighted by Gasteiger charge is 2.24. The molecule has 0 saturated heterocycles. The first kappa shape index (κ1) is 22.4. The van der Waals surface area contributed by atoms with Crippen LogP contribution in [0, 0.1) is 0 Å². The fourth-order valence-corrected chi connectivity index (χ4v) is 3.87. The highest BCUT2D eigenvalue weighted by molar-refractivity contribution is 6.33. The Morgan fingerprint density at radius 2 is 1.69 bits per heavy atom. The number of methoxy groups -OCH3 is 1. The van der Waals surface area contributed by atoms with Gasteiger partial charge in [-0.05, 0) is 58.8 Å². The minimum absolute atomic E-state index is 0.149. The second-order valence-corrected chi connectivity index (χ2v) is 8.08. The van der Waals surface area contributed by atoms with E-state index in [4.69, 9.17) is 25.8 Å². The van der Waals surface area contributed by atoms with Gasteiger partial charge in [0, 0.05) is 5.56 Å². The van der Waals surface area contributed by atoms with E-state index in [0.29, 0.717) is 16.9 Å². The summed E-state index contributed by atoms with van der Waals surface area (Å²) in [6.07, 6.45) is 1.58. The number of aliphatic imine (C=N–C) groups is 1. The van der Waals surface area contributed by atoms with Crippen LogP contribution < -0.4 is 9.47 Å². The third-order valence-corrected chi connectivity index (χ3v) is 5.73. The fraction of sp³-hybridized carbons (Fsp3) is 0.0357. The number of halogens is 1. The van der Waals surface area contributed by atoms with Crippen LogP contribution in [0.4, 0.5) is 0 Å². The number of hydrogen-bond acceptors (Lipinski definition) is 6. The van der Waals surface area contributed by atoms with Crippen molar-refractivity contribution in [1.82, 2.24) is 0 Å². The Bertz CT molecular complexity index is 1540. The van der Waals surface area contributed by atoms with E-state index in [-0.39, 0.29) is 27.9 Å². The summed E-state index contributed by atoms with van der Waals surface area (Å²) in [5.41, 5.74) is 1.72. The molecule has 0 N–H and O–H groups in total. The van der Waals surface area contributed by atoms with Gasteiger partial charge in [0.05, 0.1) is 17.7 Å². The van der Waals surface area contributed by atoms with Crippen molar-refractivity contribution in [1.29, 1.82) is 0 Å². The lowest BCUT2D eigenvalue weighted by atomic mass is 10.1. The molecule has 0 bridgehead atoms. The molecule has 5 rings (SSSR count). The molecule has 35 heavy (non-hydrogen) atoms. The molecular formula is C28H18ClNO5. The predicted octanol–water partition coefficient (Wildman–Crippen LogP) is 6.07. The number of ether oxygens (including phenoxy) is 3. The monoisotopic (exact) mass is 483 g/mol. The van der Waals surface area contributed by atoms with E-state index in [1.54, 1.807) is 48.5 Å². The molecule has 4 aromatic rings. The smallest absolute Gasteiger partial charge is 0.363 e. The molecule has 7 heteroatoms. The molecule has 0 aromatic heterocycles. The highest BCUT2D eigenvalue weighted by Crippen LogP contribution is 2.31. The molecule has 172 valence electrons. The number of esters is 2. The van der Waals surface area contributed by atoms with Crippen molar-refractivity contribution >= 4 is 46.3 Å². The molecule has 1 heterocycles. The molecule has 0 unspecified atom stereocenters. The second kappa shape index (κ2) is 9.44. The van der Waals surface area contributed by atoms with Crippen molar-refractivity contribution in [3.8, 4) is 11.5 Å². The number of hydrogen-bond donors (Lipinski definition) is 0. The lowest BCUT2D eigenvalue weighted by Gasteiger charge is -2.10. The summed E-state index contributed by atoms with van der Waals surface area (Å²) in [5.74, 6) is -0.395. The first-order valence-electron chi connectivity index (χ1n) is 10.7. The topological polar surface area (TPSA) is 74.2 Å². The van der Waals surface area contributed by atoms with E-state index in [2.05, 4.69) is 4.99 Å². The van der Waals surface area contributed by atoms with E-state index >= 15 is 0 Å². The number of cyclic esters (lactones) is 1. The van der Waals surface area contributed by atoms with Gasteiger partial charge >= 0.3 is 11.9 Å². The molecule has 4 aromatic carbocycles. The SMILES string of the molecule is COc1cc(/C=C2\N=C(c3ccc4ccccc4c3)OC2=O)ccc1OC(=O)c1ccccc1Cl. The van der Waals surface area contributed by atoms with E-state index in [9.17, 15) is 9.59 Å². The van der Waals surface area contributed by atoms with Crippen LogP contribution >= 0.6 is 11.6 Å². The summed E-state index contributed by atoms with van der Waals surface area (Å²) < 4.78 is 16.3. The van der Waals surface area contributed by atoms with Crippen molar-refractivity contribution in [2.24, 2.45) is 4.99 Å². The minimum Gasteiger partial charge on any atom is -0.493 e. The van der Waals surface area contributed by atoms with Crippen molar-refractivity contribution < 1.29 is 23.8 Å². The van der Waals surface area contributed by atoms with Crippen LogP contribution in [0.15, 0.2) is 95.6 Å². The standard InChI is InChI=1S/C28H18ClNO5/c1-33-25-15-17(10-13-24(25)34-27(31)21-8-4-5-9-22(21)29)14-23-28(32)35-26(30-23)20-12-11-18-6-2-3-7-19(18)16-20/h2-16H,1H3/b23-14-. The Kier molecular flexibility index (Phi) is 6.04. The molecule has 0 saturated carbocycles. The quantitative estimate of drug-likeness (QED) is 0.196. The fourth-order valence-electron chi connectivity index (χ4n) is 3.65. The van der Waals surface area contributed by atoms with Gasteiger partial charge in [-0.3, -0.25) is 0 Å². The maximum absolute atomic E-state index is 12.5. The van der Waals surface area contributed by atoms with E-state index < -0.39 is 11.9 Å². The first-order chi connectivity index (χ1) is 17.0. The van der Waals surface area contributed by atoms with Gasteiger partial charge in [0.15, 0.2) is 17.2 Å². The Morgan fingerprint density at radius 3 is 2.49 bits per heavy atom. The number of rotatable bonds is 5.